The monoisotopic (exact) mass is 1010 g/mol. The Kier molecular flexibility index (Phi) is 9.54. The Morgan fingerprint density at radius 2 is 1.53 bits per heavy atom. The summed E-state index contributed by atoms with van der Waals surface area (Å²) in [6, 6.07) is 50.5. The largest absolute Gasteiger partial charge is 0.333 e. The Hall–Kier alpha value is -4.65. The molecule has 9 rings (SSSR count). The Bertz CT molecular complexity index is 3000. The SMILES string of the molecule is [2H]C([2H])([2H])c1c[c-]c(-c2cc[c]([Ge]([CH3])([CH3])[CH3])cn2)cc1.[2H]C([2H])([2H])c1ccc2c(c1)sc1c(-c3nc4ccccc4n3-c3ccc(C(C)(C)C)cc3-c3ccccc3)[c-]ccc12.[Ir]. The Morgan fingerprint density at radius 3 is 2.23 bits per heavy atom. The van der Waals surface area contributed by atoms with Gasteiger partial charge in [-0.25, -0.2) is 0 Å². The Morgan fingerprint density at radius 1 is 0.754 bits per heavy atom. The van der Waals surface area contributed by atoms with Gasteiger partial charge in [-0.05, 0) is 69.4 Å². The molecular weight excluding hydrogens is 951 g/mol. The number of pyridine rings is 1. The van der Waals surface area contributed by atoms with Crippen LogP contribution in [0.5, 0.6) is 0 Å². The van der Waals surface area contributed by atoms with Gasteiger partial charge in [-0.1, -0.05) is 92.4 Å². The molecule has 6 aromatic carbocycles. The molecule has 0 saturated heterocycles. The van der Waals surface area contributed by atoms with Crippen LogP contribution in [0.4, 0.5) is 0 Å². The van der Waals surface area contributed by atoms with Crippen molar-refractivity contribution >= 4 is 60.2 Å². The van der Waals surface area contributed by atoms with Gasteiger partial charge in [0.15, 0.2) is 0 Å². The molecule has 0 spiro atoms. The van der Waals surface area contributed by atoms with Crippen molar-refractivity contribution in [3.05, 3.63) is 168 Å². The van der Waals surface area contributed by atoms with Gasteiger partial charge in [0.2, 0.25) is 0 Å². The van der Waals surface area contributed by atoms with Crippen LogP contribution in [-0.4, -0.2) is 27.8 Å². The van der Waals surface area contributed by atoms with Crippen molar-refractivity contribution in [2.45, 2.75) is 57.2 Å². The molecule has 3 nitrogen and oxygen atoms in total. The van der Waals surface area contributed by atoms with Gasteiger partial charge in [0.05, 0.1) is 16.9 Å². The van der Waals surface area contributed by atoms with Crippen LogP contribution in [-0.2, 0) is 25.5 Å². The zero-order valence-corrected chi connectivity index (χ0v) is 38.2. The summed E-state index contributed by atoms with van der Waals surface area (Å²) < 4.78 is 51.4. The van der Waals surface area contributed by atoms with E-state index in [1.165, 1.54) is 16.0 Å². The van der Waals surface area contributed by atoms with E-state index < -0.39 is 27.0 Å². The second-order valence-corrected chi connectivity index (χ2v) is 27.9. The molecule has 9 aromatic rings. The van der Waals surface area contributed by atoms with Crippen molar-refractivity contribution in [3.8, 4) is 39.5 Å². The summed E-state index contributed by atoms with van der Waals surface area (Å²) in [6.07, 6.45) is 1.95. The normalized spacial score (nSPS) is 13.7. The number of hydrogen-bond acceptors (Lipinski definition) is 3. The number of fused-ring (bicyclic) bond motifs is 4. The molecule has 0 bridgehead atoms. The van der Waals surface area contributed by atoms with Crippen LogP contribution in [0.3, 0.4) is 0 Å². The number of hydrogen-bond donors (Lipinski definition) is 0. The van der Waals surface area contributed by atoms with E-state index in [1.54, 1.807) is 35.6 Å². The standard InChI is InChI=1S/C36H29N2S.C15H18GeN.Ir/c1-23-17-19-26-27-13-10-14-28(34(27)39-33(26)21-23)35-37-30-15-8-9-16-32(30)38(35)31-20-18-25(36(2,3)4)22-29(31)24-11-6-5-7-12-24;1-12-5-7-13(8-6-12)15-10-9-14(11-17-15)16(2,3)4;/h5-13,15-22H,1-4H3;5-7,9-11H,1-4H3;/q2*-1;/i2*1D3;. The molecule has 0 aliphatic heterocycles. The first-order valence-corrected chi connectivity index (χ1v) is 27.0. The van der Waals surface area contributed by atoms with Crippen molar-refractivity contribution in [2.24, 2.45) is 0 Å². The molecule has 6 heteroatoms. The van der Waals surface area contributed by atoms with Crippen LogP contribution in [0.2, 0.25) is 17.3 Å². The van der Waals surface area contributed by atoms with Gasteiger partial charge in [0.1, 0.15) is 0 Å². The second kappa shape index (κ2) is 16.3. The van der Waals surface area contributed by atoms with Crippen LogP contribution in [0.1, 0.15) is 45.7 Å². The first-order chi connectivity index (χ1) is 29.3. The first-order valence-electron chi connectivity index (χ1n) is 21.8. The van der Waals surface area contributed by atoms with Gasteiger partial charge in [0, 0.05) is 40.2 Å². The summed E-state index contributed by atoms with van der Waals surface area (Å²) in [6.45, 7) is 2.49. The maximum Gasteiger partial charge on any atom is 0.0774 e. The van der Waals surface area contributed by atoms with E-state index in [1.807, 2.05) is 36.5 Å². The summed E-state index contributed by atoms with van der Waals surface area (Å²) >= 11 is -0.232. The van der Waals surface area contributed by atoms with Crippen LogP contribution in [0.15, 0.2) is 140 Å². The molecule has 0 saturated carbocycles. The van der Waals surface area contributed by atoms with Crippen molar-refractivity contribution in [3.63, 3.8) is 0 Å². The maximum absolute atomic E-state index is 7.91. The minimum atomic E-state index is -2.15. The maximum atomic E-state index is 7.91. The third-order valence-corrected chi connectivity index (χ3v) is 15.6. The molecule has 1 radical (unpaired) electrons. The summed E-state index contributed by atoms with van der Waals surface area (Å²) in [4.78, 5) is 9.67. The van der Waals surface area contributed by atoms with Gasteiger partial charge in [-0.15, -0.1) is 18.2 Å². The molecule has 0 N–H and O–H groups in total. The molecule has 0 amide bonds. The third kappa shape index (κ3) is 8.36. The van der Waals surface area contributed by atoms with E-state index in [2.05, 4.69) is 133 Å². The van der Waals surface area contributed by atoms with Crippen LogP contribution >= 0.6 is 11.3 Å². The molecule has 0 aliphatic rings. The second-order valence-electron chi connectivity index (χ2n) is 16.2. The zero-order chi connectivity index (χ0) is 44.2. The van der Waals surface area contributed by atoms with E-state index in [4.69, 9.17) is 13.2 Å². The van der Waals surface area contributed by atoms with Gasteiger partial charge in [0.25, 0.3) is 0 Å². The molecule has 0 unspecified atom stereocenters. The number of para-hydroxylation sites is 2. The quantitative estimate of drug-likeness (QED) is 0.127. The first kappa shape index (κ1) is 33.3. The smallest absolute Gasteiger partial charge is 0.0774 e. The van der Waals surface area contributed by atoms with Crippen LogP contribution in [0.25, 0.3) is 70.7 Å². The summed E-state index contributed by atoms with van der Waals surface area (Å²) in [5.41, 5.74) is 9.73. The van der Waals surface area contributed by atoms with Gasteiger partial charge in [-0.2, -0.15) is 11.3 Å². The topological polar surface area (TPSA) is 30.7 Å². The molecule has 0 atom stereocenters. The summed E-state index contributed by atoms with van der Waals surface area (Å²) in [7, 11) is 0. The number of aryl methyl sites for hydroxylation is 2. The number of imidazole rings is 1. The molecule has 0 aliphatic carbocycles. The number of thiophene rings is 1. The molecule has 3 heterocycles. The predicted octanol–water partition coefficient (Wildman–Crippen LogP) is 13.5. The van der Waals surface area contributed by atoms with E-state index in [0.717, 1.165) is 70.7 Å². The predicted molar refractivity (Wildman–Crippen MR) is 243 cm³/mol. The number of nitrogens with zero attached hydrogens (tertiary/aromatic N) is 3. The van der Waals surface area contributed by atoms with Gasteiger partial charge < -0.3 is 4.57 Å². The van der Waals surface area contributed by atoms with Crippen LogP contribution in [0, 0.1) is 25.8 Å². The average molecular weight is 1000 g/mol. The molecule has 57 heavy (non-hydrogen) atoms. The van der Waals surface area contributed by atoms with E-state index in [0.29, 0.717) is 11.1 Å². The fourth-order valence-corrected chi connectivity index (χ4v) is 10.4. The Balaban J connectivity index is 0.000000239. The number of benzene rings is 6. The van der Waals surface area contributed by atoms with E-state index >= 15 is 0 Å². The minimum Gasteiger partial charge on any atom is -0.333 e. The van der Waals surface area contributed by atoms with Crippen molar-refractivity contribution in [1.29, 1.82) is 0 Å². The van der Waals surface area contributed by atoms with E-state index in [-0.39, 0.29) is 25.5 Å². The summed E-state index contributed by atoms with van der Waals surface area (Å²) in [5, 5.41) is 2.12. The fourth-order valence-electron chi connectivity index (χ4n) is 6.97. The molecular formula is C51H47GeIrN3S-2. The zero-order valence-electron chi connectivity index (χ0n) is 38.9. The third-order valence-electron chi connectivity index (χ3n) is 10.1. The van der Waals surface area contributed by atoms with Crippen molar-refractivity contribution < 1.29 is 28.3 Å². The van der Waals surface area contributed by atoms with Crippen molar-refractivity contribution in [2.75, 3.05) is 0 Å². The van der Waals surface area contributed by atoms with Crippen LogP contribution < -0.4 is 4.40 Å². The number of aromatic nitrogens is 3. The fraction of sp³-hybridized carbons (Fsp3) is 0.176. The Labute approximate surface area is 366 Å². The minimum absolute atomic E-state index is 0. The van der Waals surface area contributed by atoms with Gasteiger partial charge in [-0.3, -0.25) is 4.98 Å². The molecule has 287 valence electrons. The molecule has 0 fully saturated rings. The summed E-state index contributed by atoms with van der Waals surface area (Å²) in [5.74, 6) is 7.79. The van der Waals surface area contributed by atoms with Gasteiger partial charge >= 0.3 is 110 Å². The van der Waals surface area contributed by atoms with E-state index in [9.17, 15) is 0 Å². The molecule has 3 aromatic heterocycles. The number of rotatable bonds is 5. The average Bonchev–Trinajstić information content (AvgIpc) is 3.81. The van der Waals surface area contributed by atoms with Crippen molar-refractivity contribution in [1.82, 2.24) is 14.5 Å².